The van der Waals surface area contributed by atoms with Crippen LogP contribution < -0.4 is 5.32 Å². The molecule has 3 atom stereocenters. The molecule has 0 radical (unpaired) electrons. The summed E-state index contributed by atoms with van der Waals surface area (Å²) in [6.45, 7) is 3.71. The third kappa shape index (κ3) is 3.81. The number of benzene rings is 1. The number of hydrogen-bond donors (Lipinski definition) is 1. The van der Waals surface area contributed by atoms with Gasteiger partial charge in [0.1, 0.15) is 0 Å². The van der Waals surface area contributed by atoms with Crippen LogP contribution in [0.4, 0.5) is 0 Å². The zero-order chi connectivity index (χ0) is 13.8. The lowest BCUT2D eigenvalue weighted by atomic mass is 10.1. The van der Waals surface area contributed by atoms with Crippen LogP contribution in [0.5, 0.6) is 0 Å². The summed E-state index contributed by atoms with van der Waals surface area (Å²) in [5.74, 6) is -0.119. The zero-order valence-corrected chi connectivity index (χ0v) is 11.3. The van der Waals surface area contributed by atoms with E-state index in [0.717, 1.165) is 12.0 Å². The molecule has 19 heavy (non-hydrogen) atoms. The van der Waals surface area contributed by atoms with E-state index in [4.69, 9.17) is 4.74 Å². The van der Waals surface area contributed by atoms with Crippen molar-refractivity contribution in [2.45, 2.75) is 26.3 Å². The quantitative estimate of drug-likeness (QED) is 0.825. The van der Waals surface area contributed by atoms with Crippen molar-refractivity contribution in [3.8, 4) is 0 Å². The van der Waals surface area contributed by atoms with Crippen LogP contribution in [0, 0.1) is 11.8 Å². The van der Waals surface area contributed by atoms with Crippen molar-refractivity contribution < 1.29 is 14.3 Å². The summed E-state index contributed by atoms with van der Waals surface area (Å²) in [7, 11) is 0. The van der Waals surface area contributed by atoms with Gasteiger partial charge in [-0.15, -0.1) is 0 Å². The van der Waals surface area contributed by atoms with Gasteiger partial charge in [0.2, 0.25) is 0 Å². The third-order valence-corrected chi connectivity index (χ3v) is 3.43. The number of nitrogens with one attached hydrogen (secondary N) is 1. The normalized spacial score (nSPS) is 22.4. The summed E-state index contributed by atoms with van der Waals surface area (Å²) in [6.07, 6.45) is 0.876. The molecule has 102 valence electrons. The lowest BCUT2D eigenvalue weighted by Crippen LogP contribution is -2.31. The number of ether oxygens (including phenoxy) is 1. The summed E-state index contributed by atoms with van der Waals surface area (Å²) in [6, 6.07) is 9.58. The minimum absolute atomic E-state index is 0.000605. The van der Waals surface area contributed by atoms with E-state index in [1.165, 1.54) is 0 Å². The first-order chi connectivity index (χ1) is 9.08. The molecule has 1 aromatic rings. The first kappa shape index (κ1) is 13.6. The van der Waals surface area contributed by atoms with Crippen LogP contribution in [0.2, 0.25) is 0 Å². The molecule has 1 saturated carbocycles. The molecular weight excluding hydrogens is 242 g/mol. The van der Waals surface area contributed by atoms with Gasteiger partial charge in [-0.05, 0) is 24.8 Å². The molecule has 1 fully saturated rings. The van der Waals surface area contributed by atoms with Crippen LogP contribution in [0.15, 0.2) is 30.3 Å². The van der Waals surface area contributed by atoms with Gasteiger partial charge in [-0.3, -0.25) is 9.59 Å². The van der Waals surface area contributed by atoms with Crippen LogP contribution in [0.25, 0.3) is 0 Å². The molecule has 2 rings (SSSR count). The number of hydrogen-bond acceptors (Lipinski definition) is 3. The summed E-state index contributed by atoms with van der Waals surface area (Å²) < 4.78 is 4.98. The Morgan fingerprint density at radius 1 is 1.37 bits per heavy atom. The van der Waals surface area contributed by atoms with Crippen LogP contribution in [-0.2, 0) is 14.3 Å². The van der Waals surface area contributed by atoms with Gasteiger partial charge in [0.05, 0.1) is 12.0 Å². The number of carbonyl (C=O) groups excluding carboxylic acids is 2. The summed E-state index contributed by atoms with van der Waals surface area (Å²) in [5, 5.41) is 2.81. The van der Waals surface area contributed by atoms with E-state index < -0.39 is 0 Å². The van der Waals surface area contributed by atoms with Crippen molar-refractivity contribution in [1.82, 2.24) is 5.32 Å². The third-order valence-electron chi connectivity index (χ3n) is 3.43. The maximum Gasteiger partial charge on any atom is 0.309 e. The maximum absolute atomic E-state index is 11.7. The molecular formula is C15H19NO3. The molecule has 0 aromatic heterocycles. The molecule has 1 aliphatic carbocycles. The average molecular weight is 261 g/mol. The summed E-state index contributed by atoms with van der Waals surface area (Å²) >= 11 is 0. The van der Waals surface area contributed by atoms with Crippen LogP contribution in [-0.4, -0.2) is 18.5 Å². The number of rotatable bonds is 5. The van der Waals surface area contributed by atoms with Crippen molar-refractivity contribution in [2.24, 2.45) is 11.8 Å². The summed E-state index contributed by atoms with van der Waals surface area (Å²) in [5.41, 5.74) is 1.03. The highest BCUT2D eigenvalue weighted by molar-refractivity contribution is 5.82. The predicted molar refractivity (Wildman–Crippen MR) is 71.2 cm³/mol. The number of amides is 1. The predicted octanol–water partition coefficient (Wildman–Crippen LogP) is 2.06. The Bertz CT molecular complexity index is 458. The molecule has 4 nitrogen and oxygen atoms in total. The molecule has 0 bridgehead atoms. The molecule has 4 heteroatoms. The molecule has 1 aliphatic rings. The van der Waals surface area contributed by atoms with Crippen LogP contribution >= 0.6 is 0 Å². The minimum Gasteiger partial charge on any atom is -0.455 e. The van der Waals surface area contributed by atoms with E-state index >= 15 is 0 Å². The highest BCUT2D eigenvalue weighted by Gasteiger charge is 2.40. The zero-order valence-electron chi connectivity index (χ0n) is 11.3. The Morgan fingerprint density at radius 3 is 2.58 bits per heavy atom. The largest absolute Gasteiger partial charge is 0.455 e. The highest BCUT2D eigenvalue weighted by atomic mass is 16.5. The van der Waals surface area contributed by atoms with Gasteiger partial charge in [0, 0.05) is 0 Å². The number of carbonyl (C=O) groups is 2. The van der Waals surface area contributed by atoms with Crippen molar-refractivity contribution >= 4 is 11.9 Å². The lowest BCUT2D eigenvalue weighted by Gasteiger charge is -2.14. The minimum atomic E-state index is -0.266. The summed E-state index contributed by atoms with van der Waals surface area (Å²) in [4.78, 5) is 23.1. The Balaban J connectivity index is 1.73. The van der Waals surface area contributed by atoms with E-state index in [9.17, 15) is 9.59 Å². The standard InChI is InChI=1S/C15H19NO3/c1-10-8-13(10)15(18)19-9-14(17)16-11(2)12-6-4-3-5-7-12/h3-7,10-11,13H,8-9H2,1-2H3,(H,16,17)/t10-,11+,13-/m1/s1. The van der Waals surface area contributed by atoms with Gasteiger partial charge in [-0.2, -0.15) is 0 Å². The van der Waals surface area contributed by atoms with E-state index in [-0.39, 0.29) is 30.4 Å². The maximum atomic E-state index is 11.7. The molecule has 1 aromatic carbocycles. The fourth-order valence-corrected chi connectivity index (χ4v) is 2.00. The van der Waals surface area contributed by atoms with Crippen molar-refractivity contribution in [3.63, 3.8) is 0 Å². The van der Waals surface area contributed by atoms with Gasteiger partial charge < -0.3 is 10.1 Å². The molecule has 0 saturated heterocycles. The van der Waals surface area contributed by atoms with Gasteiger partial charge in [0.15, 0.2) is 6.61 Å². The Labute approximate surface area is 113 Å². The molecule has 0 heterocycles. The highest BCUT2D eigenvalue weighted by Crippen LogP contribution is 2.38. The second kappa shape index (κ2) is 5.87. The number of esters is 1. The fraction of sp³-hybridized carbons (Fsp3) is 0.467. The van der Waals surface area contributed by atoms with Crippen molar-refractivity contribution in [2.75, 3.05) is 6.61 Å². The van der Waals surface area contributed by atoms with Crippen LogP contribution in [0.3, 0.4) is 0 Å². The fourth-order valence-electron chi connectivity index (χ4n) is 2.00. The average Bonchev–Trinajstić information content (AvgIpc) is 3.14. The SMILES string of the molecule is C[C@H](NC(=O)COC(=O)[C@@H]1C[C@H]1C)c1ccccc1. The smallest absolute Gasteiger partial charge is 0.309 e. The Morgan fingerprint density at radius 2 is 2.00 bits per heavy atom. The van der Waals surface area contributed by atoms with Gasteiger partial charge in [-0.25, -0.2) is 0 Å². The molecule has 0 aliphatic heterocycles. The molecule has 0 unspecified atom stereocenters. The second-order valence-electron chi connectivity index (χ2n) is 5.13. The first-order valence-electron chi connectivity index (χ1n) is 6.59. The van der Waals surface area contributed by atoms with Gasteiger partial charge >= 0.3 is 5.97 Å². The Hall–Kier alpha value is -1.84. The second-order valence-corrected chi connectivity index (χ2v) is 5.13. The van der Waals surface area contributed by atoms with E-state index in [0.29, 0.717) is 5.92 Å². The van der Waals surface area contributed by atoms with E-state index in [1.807, 2.05) is 44.2 Å². The first-order valence-corrected chi connectivity index (χ1v) is 6.59. The van der Waals surface area contributed by atoms with Crippen LogP contribution in [0.1, 0.15) is 31.9 Å². The van der Waals surface area contributed by atoms with Gasteiger partial charge in [-0.1, -0.05) is 37.3 Å². The van der Waals surface area contributed by atoms with Gasteiger partial charge in [0.25, 0.3) is 5.91 Å². The van der Waals surface area contributed by atoms with Crippen molar-refractivity contribution in [1.29, 1.82) is 0 Å². The molecule has 1 amide bonds. The van der Waals surface area contributed by atoms with Crippen molar-refractivity contribution in [3.05, 3.63) is 35.9 Å². The Kier molecular flexibility index (Phi) is 4.20. The topological polar surface area (TPSA) is 55.4 Å². The molecule has 1 N–H and O–H groups in total. The lowest BCUT2D eigenvalue weighted by molar-refractivity contribution is -0.150. The van der Waals surface area contributed by atoms with E-state index in [1.54, 1.807) is 0 Å². The monoisotopic (exact) mass is 261 g/mol. The molecule has 0 spiro atoms. The van der Waals surface area contributed by atoms with E-state index in [2.05, 4.69) is 5.32 Å².